The highest BCUT2D eigenvalue weighted by atomic mass is 16.5. The molecular weight excluding hydrogens is 328 g/mol. The van der Waals surface area contributed by atoms with E-state index in [2.05, 4.69) is 15.3 Å². The molecule has 1 amide bonds. The van der Waals surface area contributed by atoms with Gasteiger partial charge < -0.3 is 15.0 Å². The zero-order valence-corrected chi connectivity index (χ0v) is 15.8. The smallest absolute Gasteiger partial charge is 0.254 e. The van der Waals surface area contributed by atoms with E-state index in [-0.39, 0.29) is 18.1 Å². The van der Waals surface area contributed by atoms with E-state index in [4.69, 9.17) is 4.74 Å². The molecule has 0 spiro atoms. The summed E-state index contributed by atoms with van der Waals surface area (Å²) in [5.41, 5.74) is 3.66. The number of hydrogen-bond donors (Lipinski definition) is 1. The third-order valence-corrected chi connectivity index (χ3v) is 4.34. The van der Waals surface area contributed by atoms with Crippen LogP contribution in [0.25, 0.3) is 0 Å². The number of hydrogen-bond acceptors (Lipinski definition) is 5. The number of carbonyl (C=O) groups is 1. The van der Waals surface area contributed by atoms with Crippen LogP contribution in [0.3, 0.4) is 0 Å². The van der Waals surface area contributed by atoms with Crippen LogP contribution in [0.5, 0.6) is 0 Å². The van der Waals surface area contributed by atoms with Gasteiger partial charge in [0.25, 0.3) is 5.91 Å². The number of ether oxygens (including phenoxy) is 1. The molecule has 26 heavy (non-hydrogen) atoms. The van der Waals surface area contributed by atoms with Crippen LogP contribution in [0.15, 0.2) is 30.3 Å². The fourth-order valence-corrected chi connectivity index (χ4v) is 3.28. The van der Waals surface area contributed by atoms with E-state index in [9.17, 15) is 4.79 Å². The van der Waals surface area contributed by atoms with Crippen LogP contribution in [0.1, 0.15) is 41.2 Å². The summed E-state index contributed by atoms with van der Waals surface area (Å²) in [6.07, 6.45) is 0.146. The van der Waals surface area contributed by atoms with Crippen molar-refractivity contribution in [3.63, 3.8) is 0 Å². The van der Waals surface area contributed by atoms with Gasteiger partial charge in [-0.05, 0) is 51.5 Å². The van der Waals surface area contributed by atoms with Crippen LogP contribution in [0.4, 0.5) is 5.95 Å². The van der Waals surface area contributed by atoms with Gasteiger partial charge in [0.15, 0.2) is 0 Å². The summed E-state index contributed by atoms with van der Waals surface area (Å²) in [5, 5.41) is 3.23. The van der Waals surface area contributed by atoms with Crippen LogP contribution in [0, 0.1) is 13.8 Å². The molecule has 1 N–H and O–H groups in total. The second kappa shape index (κ2) is 7.83. The number of carbonyl (C=O) groups excluding carboxylic acids is 1. The number of aryl methyl sites for hydroxylation is 2. The minimum Gasteiger partial charge on any atom is -0.372 e. The standard InChI is InChI=1S/C20H26N4O2/c1-13-9-14(2)23-20(22-13)21-10-17-5-7-18(8-6-17)19(25)24-11-15(3)26-16(4)12-24/h5-9,15-16H,10-12H2,1-4H3,(H,21,22,23)/t15-,16+. The predicted molar refractivity (Wildman–Crippen MR) is 101 cm³/mol. The first-order valence-corrected chi connectivity index (χ1v) is 9.00. The highest BCUT2D eigenvalue weighted by Gasteiger charge is 2.26. The van der Waals surface area contributed by atoms with Crippen LogP contribution in [0.2, 0.25) is 0 Å². The lowest BCUT2D eigenvalue weighted by molar-refractivity contribution is -0.0586. The van der Waals surface area contributed by atoms with E-state index >= 15 is 0 Å². The molecule has 0 saturated carbocycles. The van der Waals surface area contributed by atoms with Crippen LogP contribution >= 0.6 is 0 Å². The van der Waals surface area contributed by atoms with Gasteiger partial charge in [-0.15, -0.1) is 0 Å². The summed E-state index contributed by atoms with van der Waals surface area (Å²) in [6.45, 7) is 9.79. The number of aromatic nitrogens is 2. The molecule has 1 saturated heterocycles. The quantitative estimate of drug-likeness (QED) is 0.914. The number of nitrogens with one attached hydrogen (secondary N) is 1. The average molecular weight is 354 g/mol. The number of morpholine rings is 1. The van der Waals surface area contributed by atoms with Crippen LogP contribution in [-0.4, -0.2) is 46.1 Å². The summed E-state index contributed by atoms with van der Waals surface area (Å²) in [5.74, 6) is 0.683. The Hall–Kier alpha value is -2.47. The van der Waals surface area contributed by atoms with Gasteiger partial charge in [0, 0.05) is 36.6 Å². The van der Waals surface area contributed by atoms with Crippen molar-refractivity contribution in [2.45, 2.75) is 46.4 Å². The van der Waals surface area contributed by atoms with Crippen LogP contribution < -0.4 is 5.32 Å². The van der Waals surface area contributed by atoms with Gasteiger partial charge in [0.05, 0.1) is 12.2 Å². The van der Waals surface area contributed by atoms with Crippen LogP contribution in [-0.2, 0) is 11.3 Å². The summed E-state index contributed by atoms with van der Waals surface area (Å²) < 4.78 is 5.70. The van der Waals surface area contributed by atoms with Crippen molar-refractivity contribution in [1.29, 1.82) is 0 Å². The van der Waals surface area contributed by atoms with Gasteiger partial charge >= 0.3 is 0 Å². The summed E-state index contributed by atoms with van der Waals surface area (Å²) >= 11 is 0. The van der Waals surface area contributed by atoms with Crippen molar-refractivity contribution in [3.8, 4) is 0 Å². The molecule has 2 heterocycles. The average Bonchev–Trinajstić information content (AvgIpc) is 2.58. The lowest BCUT2D eigenvalue weighted by Crippen LogP contribution is -2.48. The maximum Gasteiger partial charge on any atom is 0.254 e. The largest absolute Gasteiger partial charge is 0.372 e. The van der Waals surface area contributed by atoms with Gasteiger partial charge in [-0.1, -0.05) is 12.1 Å². The second-order valence-electron chi connectivity index (χ2n) is 6.99. The van der Waals surface area contributed by atoms with Gasteiger partial charge in [-0.3, -0.25) is 4.79 Å². The summed E-state index contributed by atoms with van der Waals surface area (Å²) in [7, 11) is 0. The minimum atomic E-state index is 0.0594. The molecule has 0 aliphatic carbocycles. The molecule has 1 fully saturated rings. The molecule has 138 valence electrons. The second-order valence-corrected chi connectivity index (χ2v) is 6.99. The van der Waals surface area contributed by atoms with Crippen molar-refractivity contribution in [2.75, 3.05) is 18.4 Å². The fourth-order valence-electron chi connectivity index (χ4n) is 3.28. The normalized spacial score (nSPS) is 20.1. The number of anilines is 1. The van der Waals surface area contributed by atoms with E-state index in [1.165, 1.54) is 0 Å². The molecule has 0 unspecified atom stereocenters. The molecule has 0 radical (unpaired) electrons. The third-order valence-electron chi connectivity index (χ3n) is 4.34. The number of amides is 1. The van der Waals surface area contributed by atoms with E-state index in [1.54, 1.807) is 0 Å². The zero-order chi connectivity index (χ0) is 18.7. The van der Waals surface area contributed by atoms with Gasteiger partial charge in [0.1, 0.15) is 0 Å². The molecule has 1 aromatic carbocycles. The first kappa shape index (κ1) is 18.3. The maximum absolute atomic E-state index is 12.7. The molecule has 1 aromatic heterocycles. The predicted octanol–water partition coefficient (Wildman–Crippen LogP) is 2.95. The Balaban J connectivity index is 1.62. The molecule has 3 rings (SSSR count). The molecule has 2 atom stereocenters. The Morgan fingerprint density at radius 3 is 2.27 bits per heavy atom. The summed E-state index contributed by atoms with van der Waals surface area (Å²) in [4.78, 5) is 23.3. The molecule has 0 bridgehead atoms. The molecule has 1 aliphatic heterocycles. The lowest BCUT2D eigenvalue weighted by atomic mass is 10.1. The molecular formula is C20H26N4O2. The lowest BCUT2D eigenvalue weighted by Gasteiger charge is -2.35. The number of rotatable bonds is 4. The number of benzene rings is 1. The van der Waals surface area contributed by atoms with Crippen molar-refractivity contribution in [1.82, 2.24) is 14.9 Å². The van der Waals surface area contributed by atoms with E-state index in [0.717, 1.165) is 17.0 Å². The Kier molecular flexibility index (Phi) is 5.52. The van der Waals surface area contributed by atoms with E-state index in [0.29, 0.717) is 31.1 Å². The Morgan fingerprint density at radius 1 is 1.12 bits per heavy atom. The first-order valence-electron chi connectivity index (χ1n) is 9.00. The summed E-state index contributed by atoms with van der Waals surface area (Å²) in [6, 6.07) is 9.64. The van der Waals surface area contributed by atoms with Crippen molar-refractivity contribution in [2.24, 2.45) is 0 Å². The van der Waals surface area contributed by atoms with Crippen molar-refractivity contribution < 1.29 is 9.53 Å². The highest BCUT2D eigenvalue weighted by Crippen LogP contribution is 2.15. The van der Waals surface area contributed by atoms with Crippen molar-refractivity contribution in [3.05, 3.63) is 52.8 Å². The molecule has 6 nitrogen and oxygen atoms in total. The Labute approximate surface area is 154 Å². The van der Waals surface area contributed by atoms with Crippen molar-refractivity contribution >= 4 is 11.9 Å². The van der Waals surface area contributed by atoms with E-state index in [1.807, 2.05) is 62.9 Å². The Bertz CT molecular complexity index is 746. The maximum atomic E-state index is 12.7. The molecule has 1 aliphatic rings. The fraction of sp³-hybridized carbons (Fsp3) is 0.450. The molecule has 2 aromatic rings. The van der Waals surface area contributed by atoms with E-state index < -0.39 is 0 Å². The topological polar surface area (TPSA) is 67.4 Å². The first-order chi connectivity index (χ1) is 12.4. The SMILES string of the molecule is Cc1cc(C)nc(NCc2ccc(C(=O)N3C[C@@H](C)O[C@@H](C)C3)cc2)n1. The number of nitrogens with zero attached hydrogens (tertiary/aromatic N) is 3. The zero-order valence-electron chi connectivity index (χ0n) is 15.8. The highest BCUT2D eigenvalue weighted by molar-refractivity contribution is 5.94. The minimum absolute atomic E-state index is 0.0594. The van der Waals surface area contributed by atoms with Gasteiger partial charge in [-0.25, -0.2) is 9.97 Å². The van der Waals surface area contributed by atoms with Gasteiger partial charge in [0.2, 0.25) is 5.95 Å². The Morgan fingerprint density at radius 2 is 1.69 bits per heavy atom. The third kappa shape index (κ3) is 4.58. The monoisotopic (exact) mass is 354 g/mol. The van der Waals surface area contributed by atoms with Gasteiger partial charge in [-0.2, -0.15) is 0 Å². The molecule has 6 heteroatoms.